The minimum Gasteiger partial charge on any atom is -0.493 e. The molecule has 0 saturated heterocycles. The van der Waals surface area contributed by atoms with Gasteiger partial charge >= 0.3 is 0 Å². The number of nitrogens with zero attached hydrogens (tertiary/aromatic N) is 4. The van der Waals surface area contributed by atoms with Gasteiger partial charge in [0.25, 0.3) is 0 Å². The third kappa shape index (κ3) is 6.09. The number of ether oxygens (including phenoxy) is 2. The van der Waals surface area contributed by atoms with Gasteiger partial charge in [0.1, 0.15) is 18.1 Å². The Kier molecular flexibility index (Phi) is 8.42. The largest absolute Gasteiger partial charge is 0.493 e. The predicted octanol–water partition coefficient (Wildman–Crippen LogP) is 5.26. The lowest BCUT2D eigenvalue weighted by molar-refractivity contribution is -0.128. The lowest BCUT2D eigenvalue weighted by atomic mass is 9.98. The van der Waals surface area contributed by atoms with E-state index in [-0.39, 0.29) is 18.4 Å². The number of para-hydroxylation sites is 2. The maximum absolute atomic E-state index is 14.3. The standard InChI is InChI=1S/C31H37N5O4/c1-20(2)21-15-17-22(18-16-21)36(27(37)19-35-25-13-9-8-12-24(25)33-34-35)28(30(38)32-31(3,4)5)23-11-10-14-26(39-6)29(23)40-7/h8-18,20,28H,19H2,1-7H3,(H,32,38)/t28-/m1/s1. The molecule has 1 aromatic heterocycles. The van der Waals surface area contributed by atoms with Gasteiger partial charge in [-0.3, -0.25) is 14.5 Å². The zero-order valence-corrected chi connectivity index (χ0v) is 24.1. The summed E-state index contributed by atoms with van der Waals surface area (Å²) in [5.74, 6) is 0.439. The van der Waals surface area contributed by atoms with E-state index in [1.54, 1.807) is 22.9 Å². The second-order valence-electron chi connectivity index (χ2n) is 11.0. The van der Waals surface area contributed by atoms with E-state index < -0.39 is 11.6 Å². The van der Waals surface area contributed by atoms with Gasteiger partial charge < -0.3 is 14.8 Å². The first-order chi connectivity index (χ1) is 19.0. The molecule has 0 bridgehead atoms. The topological polar surface area (TPSA) is 98.6 Å². The van der Waals surface area contributed by atoms with Crippen molar-refractivity contribution in [2.45, 2.75) is 58.7 Å². The average Bonchev–Trinajstić information content (AvgIpc) is 3.32. The van der Waals surface area contributed by atoms with E-state index in [2.05, 4.69) is 29.5 Å². The number of nitrogens with one attached hydrogen (secondary N) is 1. The Hall–Kier alpha value is -4.40. The molecule has 1 atom stereocenters. The maximum Gasteiger partial charge on any atom is 0.249 e. The van der Waals surface area contributed by atoms with Crippen molar-refractivity contribution >= 4 is 28.5 Å². The Morgan fingerprint density at radius 2 is 1.65 bits per heavy atom. The molecule has 9 heteroatoms. The number of fused-ring (bicyclic) bond motifs is 1. The number of hydrogen-bond acceptors (Lipinski definition) is 6. The number of carbonyl (C=O) groups is 2. The first-order valence-corrected chi connectivity index (χ1v) is 13.3. The average molecular weight is 544 g/mol. The molecule has 4 aromatic rings. The Balaban J connectivity index is 1.90. The molecule has 0 aliphatic carbocycles. The smallest absolute Gasteiger partial charge is 0.249 e. The molecule has 0 saturated carbocycles. The van der Waals surface area contributed by atoms with Gasteiger partial charge in [0.05, 0.1) is 19.7 Å². The minimum absolute atomic E-state index is 0.127. The second-order valence-corrected chi connectivity index (χ2v) is 11.0. The number of hydrogen-bond donors (Lipinski definition) is 1. The van der Waals surface area contributed by atoms with E-state index in [9.17, 15) is 9.59 Å². The summed E-state index contributed by atoms with van der Waals surface area (Å²) in [6, 6.07) is 19.4. The summed E-state index contributed by atoms with van der Waals surface area (Å²) in [4.78, 5) is 29.9. The second kappa shape index (κ2) is 11.8. The van der Waals surface area contributed by atoms with Crippen LogP contribution >= 0.6 is 0 Å². The third-order valence-corrected chi connectivity index (χ3v) is 6.54. The van der Waals surface area contributed by atoms with Gasteiger partial charge in [-0.25, -0.2) is 4.68 Å². The fraction of sp³-hybridized carbons (Fsp3) is 0.355. The number of methoxy groups -OCH3 is 2. The fourth-order valence-electron chi connectivity index (χ4n) is 4.66. The number of benzene rings is 3. The molecule has 9 nitrogen and oxygen atoms in total. The summed E-state index contributed by atoms with van der Waals surface area (Å²) in [6.45, 7) is 9.78. The van der Waals surface area contributed by atoms with E-state index in [1.165, 1.54) is 19.1 Å². The molecular formula is C31H37N5O4. The molecule has 40 heavy (non-hydrogen) atoms. The highest BCUT2D eigenvalue weighted by molar-refractivity contribution is 6.02. The van der Waals surface area contributed by atoms with Crippen LogP contribution in [0.2, 0.25) is 0 Å². The quantitative estimate of drug-likeness (QED) is 0.309. The number of anilines is 1. The monoisotopic (exact) mass is 543 g/mol. The van der Waals surface area contributed by atoms with Gasteiger partial charge in [-0.1, -0.05) is 55.5 Å². The highest BCUT2D eigenvalue weighted by Gasteiger charge is 2.37. The van der Waals surface area contributed by atoms with Crippen molar-refractivity contribution in [1.29, 1.82) is 0 Å². The first-order valence-electron chi connectivity index (χ1n) is 13.3. The Bertz CT molecular complexity index is 1490. The molecule has 2 amide bonds. The predicted molar refractivity (Wildman–Crippen MR) is 156 cm³/mol. The molecule has 1 N–H and O–H groups in total. The van der Waals surface area contributed by atoms with Gasteiger partial charge in [0.2, 0.25) is 11.8 Å². The van der Waals surface area contributed by atoms with Gasteiger partial charge in [-0.2, -0.15) is 0 Å². The van der Waals surface area contributed by atoms with Crippen LogP contribution in [-0.4, -0.2) is 46.6 Å². The highest BCUT2D eigenvalue weighted by atomic mass is 16.5. The first kappa shape index (κ1) is 28.6. The number of carbonyl (C=O) groups excluding carboxylic acids is 2. The van der Waals surface area contributed by atoms with Crippen LogP contribution in [0, 0.1) is 0 Å². The Morgan fingerprint density at radius 1 is 0.950 bits per heavy atom. The van der Waals surface area contributed by atoms with Gasteiger partial charge in [0, 0.05) is 16.8 Å². The molecular weight excluding hydrogens is 506 g/mol. The molecule has 1 heterocycles. The van der Waals surface area contributed by atoms with Crippen molar-refractivity contribution in [3.63, 3.8) is 0 Å². The van der Waals surface area contributed by atoms with Crippen LogP contribution in [0.25, 0.3) is 11.0 Å². The van der Waals surface area contributed by atoms with Crippen molar-refractivity contribution < 1.29 is 19.1 Å². The molecule has 4 rings (SSSR count). The van der Waals surface area contributed by atoms with Crippen LogP contribution in [0.15, 0.2) is 66.7 Å². The van der Waals surface area contributed by atoms with E-state index >= 15 is 0 Å². The van der Waals surface area contributed by atoms with Crippen molar-refractivity contribution in [2.24, 2.45) is 0 Å². The zero-order chi connectivity index (χ0) is 29.0. The normalized spacial score (nSPS) is 12.3. The SMILES string of the molecule is COc1cccc([C@H](C(=O)NC(C)(C)C)N(C(=O)Cn2nnc3ccccc32)c2ccc(C(C)C)cc2)c1OC. The molecule has 3 aromatic carbocycles. The molecule has 0 radical (unpaired) electrons. The Morgan fingerprint density at radius 3 is 2.27 bits per heavy atom. The van der Waals surface area contributed by atoms with Gasteiger partial charge in [0.15, 0.2) is 11.5 Å². The summed E-state index contributed by atoms with van der Waals surface area (Å²) in [5.41, 5.74) is 3.03. The number of aromatic nitrogens is 3. The van der Waals surface area contributed by atoms with E-state index in [1.807, 2.05) is 69.3 Å². The fourth-order valence-corrected chi connectivity index (χ4v) is 4.66. The lowest BCUT2D eigenvalue weighted by Crippen LogP contribution is -2.50. The van der Waals surface area contributed by atoms with Crippen molar-refractivity contribution in [3.8, 4) is 11.5 Å². The third-order valence-electron chi connectivity index (χ3n) is 6.54. The maximum atomic E-state index is 14.3. The summed E-state index contributed by atoms with van der Waals surface area (Å²) in [7, 11) is 3.06. The number of amides is 2. The molecule has 210 valence electrons. The summed E-state index contributed by atoms with van der Waals surface area (Å²) in [6.07, 6.45) is 0. The van der Waals surface area contributed by atoms with Crippen LogP contribution in [0.5, 0.6) is 11.5 Å². The summed E-state index contributed by atoms with van der Waals surface area (Å²) < 4.78 is 12.8. The van der Waals surface area contributed by atoms with Crippen molar-refractivity contribution in [3.05, 3.63) is 77.9 Å². The van der Waals surface area contributed by atoms with E-state index in [4.69, 9.17) is 9.47 Å². The highest BCUT2D eigenvalue weighted by Crippen LogP contribution is 2.39. The van der Waals surface area contributed by atoms with Crippen molar-refractivity contribution in [2.75, 3.05) is 19.1 Å². The zero-order valence-electron chi connectivity index (χ0n) is 24.1. The van der Waals surface area contributed by atoms with Crippen LogP contribution in [0.4, 0.5) is 5.69 Å². The molecule has 0 aliphatic rings. The minimum atomic E-state index is -1.07. The van der Waals surface area contributed by atoms with Gasteiger partial charge in [-0.05, 0) is 62.6 Å². The van der Waals surface area contributed by atoms with E-state index in [0.717, 1.165) is 11.1 Å². The van der Waals surface area contributed by atoms with Crippen LogP contribution in [-0.2, 0) is 16.1 Å². The van der Waals surface area contributed by atoms with Gasteiger partial charge in [-0.15, -0.1) is 5.10 Å². The lowest BCUT2D eigenvalue weighted by Gasteiger charge is -2.34. The Labute approximate surface area is 235 Å². The number of rotatable bonds is 9. The summed E-state index contributed by atoms with van der Waals surface area (Å²) >= 11 is 0. The van der Waals surface area contributed by atoms with Crippen LogP contribution in [0.1, 0.15) is 57.7 Å². The molecule has 0 fully saturated rings. The van der Waals surface area contributed by atoms with Crippen molar-refractivity contribution in [1.82, 2.24) is 20.3 Å². The molecule has 0 unspecified atom stereocenters. The molecule has 0 aliphatic heterocycles. The van der Waals surface area contributed by atoms with Crippen LogP contribution in [0.3, 0.4) is 0 Å². The van der Waals surface area contributed by atoms with E-state index in [0.29, 0.717) is 34.2 Å². The van der Waals surface area contributed by atoms with Crippen LogP contribution < -0.4 is 19.7 Å². The molecule has 0 spiro atoms. The summed E-state index contributed by atoms with van der Waals surface area (Å²) in [5, 5.41) is 11.5.